The fraction of sp³-hybridized carbons (Fsp3) is 0.375. The summed E-state index contributed by atoms with van der Waals surface area (Å²) < 4.78 is 4.80. The van der Waals surface area contributed by atoms with Gasteiger partial charge in [0, 0.05) is 11.6 Å². The van der Waals surface area contributed by atoms with Gasteiger partial charge in [-0.1, -0.05) is 29.8 Å². The molecule has 10 nitrogen and oxygen atoms in total. The molecule has 0 radical (unpaired) electrons. The summed E-state index contributed by atoms with van der Waals surface area (Å²) in [6.45, 7) is 1.12. The summed E-state index contributed by atoms with van der Waals surface area (Å²) in [5, 5.41) is 16.4. The van der Waals surface area contributed by atoms with Crippen molar-refractivity contribution in [3.05, 3.63) is 29.8 Å². The van der Waals surface area contributed by atoms with Crippen LogP contribution < -0.4 is 10.6 Å². The number of esters is 1. The van der Waals surface area contributed by atoms with Gasteiger partial charge in [0.1, 0.15) is 0 Å². The number of imide groups is 1. The minimum Gasteiger partial charge on any atom is -0.454 e. The first-order chi connectivity index (χ1) is 12.5. The standard InChI is InChI=1S/C16H18N6O4/c1-10-2-4-11(5-3-10)15-19-21-22(20-15)8-14(24)26-9-13(23)18-16(25)17-12-6-7-12/h2-5,12H,6-9H2,1H3,(H2,17,18,23,25). The maximum Gasteiger partial charge on any atom is 0.330 e. The van der Waals surface area contributed by atoms with Crippen molar-refractivity contribution in [1.29, 1.82) is 0 Å². The summed E-state index contributed by atoms with van der Waals surface area (Å²) in [5.74, 6) is -1.04. The van der Waals surface area contributed by atoms with Crippen molar-refractivity contribution in [2.24, 2.45) is 0 Å². The molecule has 0 atom stereocenters. The molecule has 1 aliphatic rings. The molecular weight excluding hydrogens is 340 g/mol. The molecule has 26 heavy (non-hydrogen) atoms. The fourth-order valence-electron chi connectivity index (χ4n) is 2.05. The Morgan fingerprint density at radius 3 is 2.65 bits per heavy atom. The molecule has 1 aromatic carbocycles. The first-order valence-corrected chi connectivity index (χ1v) is 8.10. The van der Waals surface area contributed by atoms with Crippen molar-refractivity contribution in [2.75, 3.05) is 6.61 Å². The van der Waals surface area contributed by atoms with E-state index in [4.69, 9.17) is 4.74 Å². The molecule has 0 aliphatic heterocycles. The minimum absolute atomic E-state index is 0.131. The Balaban J connectivity index is 1.43. The molecule has 1 aliphatic carbocycles. The van der Waals surface area contributed by atoms with E-state index in [0.717, 1.165) is 28.8 Å². The topological polar surface area (TPSA) is 128 Å². The highest BCUT2D eigenvalue weighted by atomic mass is 16.5. The quantitative estimate of drug-likeness (QED) is 0.705. The van der Waals surface area contributed by atoms with Crippen molar-refractivity contribution in [3.8, 4) is 11.4 Å². The number of tetrazole rings is 1. The van der Waals surface area contributed by atoms with E-state index in [-0.39, 0.29) is 12.6 Å². The van der Waals surface area contributed by atoms with Gasteiger partial charge in [0.05, 0.1) is 0 Å². The number of nitrogens with one attached hydrogen (secondary N) is 2. The lowest BCUT2D eigenvalue weighted by Gasteiger charge is -2.06. The summed E-state index contributed by atoms with van der Waals surface area (Å²) in [4.78, 5) is 35.7. The van der Waals surface area contributed by atoms with Gasteiger partial charge in [0.15, 0.2) is 13.2 Å². The van der Waals surface area contributed by atoms with E-state index in [0.29, 0.717) is 5.82 Å². The van der Waals surface area contributed by atoms with Crippen LogP contribution in [0, 0.1) is 6.92 Å². The number of amides is 3. The van der Waals surface area contributed by atoms with Crippen LogP contribution in [-0.2, 0) is 20.9 Å². The highest BCUT2D eigenvalue weighted by Crippen LogP contribution is 2.18. The molecule has 0 spiro atoms. The number of nitrogens with zero attached hydrogens (tertiary/aromatic N) is 4. The third-order valence-electron chi connectivity index (χ3n) is 3.56. The van der Waals surface area contributed by atoms with Crippen molar-refractivity contribution >= 4 is 17.9 Å². The van der Waals surface area contributed by atoms with Crippen molar-refractivity contribution < 1.29 is 19.1 Å². The van der Waals surface area contributed by atoms with E-state index in [2.05, 4.69) is 26.0 Å². The SMILES string of the molecule is Cc1ccc(-c2nnn(CC(=O)OCC(=O)NC(=O)NC3CC3)n2)cc1. The monoisotopic (exact) mass is 358 g/mol. The van der Waals surface area contributed by atoms with E-state index in [9.17, 15) is 14.4 Å². The summed E-state index contributed by atoms with van der Waals surface area (Å²) in [6.07, 6.45) is 1.82. The van der Waals surface area contributed by atoms with E-state index >= 15 is 0 Å². The molecule has 10 heteroatoms. The van der Waals surface area contributed by atoms with Gasteiger partial charge in [-0.05, 0) is 25.0 Å². The van der Waals surface area contributed by atoms with Crippen LogP contribution >= 0.6 is 0 Å². The largest absolute Gasteiger partial charge is 0.454 e. The lowest BCUT2D eigenvalue weighted by atomic mass is 10.1. The van der Waals surface area contributed by atoms with Gasteiger partial charge in [0.2, 0.25) is 5.82 Å². The summed E-state index contributed by atoms with van der Waals surface area (Å²) in [6, 6.07) is 7.09. The van der Waals surface area contributed by atoms with Crippen molar-refractivity contribution in [3.63, 3.8) is 0 Å². The van der Waals surface area contributed by atoms with E-state index < -0.39 is 24.5 Å². The van der Waals surface area contributed by atoms with Crippen LogP contribution in [0.15, 0.2) is 24.3 Å². The highest BCUT2D eigenvalue weighted by Gasteiger charge is 2.24. The Hall–Kier alpha value is -3.30. The van der Waals surface area contributed by atoms with Crippen LogP contribution in [0.4, 0.5) is 4.79 Å². The number of benzene rings is 1. The number of aromatic nitrogens is 4. The first-order valence-electron chi connectivity index (χ1n) is 8.10. The molecule has 136 valence electrons. The number of carbonyl (C=O) groups excluding carboxylic acids is 3. The molecular formula is C16H18N6O4. The lowest BCUT2D eigenvalue weighted by Crippen LogP contribution is -2.42. The summed E-state index contributed by atoms with van der Waals surface area (Å²) in [5.41, 5.74) is 1.88. The fourth-order valence-corrected chi connectivity index (χ4v) is 2.05. The molecule has 1 heterocycles. The Morgan fingerprint density at radius 1 is 1.23 bits per heavy atom. The maximum atomic E-state index is 11.7. The molecule has 3 amide bonds. The zero-order chi connectivity index (χ0) is 18.5. The molecule has 1 fully saturated rings. The van der Waals surface area contributed by atoms with E-state index in [1.165, 1.54) is 0 Å². The molecule has 0 unspecified atom stereocenters. The second-order valence-electron chi connectivity index (χ2n) is 5.97. The number of rotatable bonds is 6. The minimum atomic E-state index is -0.712. The van der Waals surface area contributed by atoms with Gasteiger partial charge >= 0.3 is 12.0 Å². The molecule has 0 saturated heterocycles. The number of ether oxygens (including phenoxy) is 1. The Morgan fingerprint density at radius 2 is 1.96 bits per heavy atom. The van der Waals surface area contributed by atoms with Gasteiger partial charge in [0.25, 0.3) is 5.91 Å². The molecule has 0 bridgehead atoms. The Labute approximate surface area is 148 Å². The Bertz CT molecular complexity index is 812. The molecule has 1 saturated carbocycles. The average Bonchev–Trinajstić information content (AvgIpc) is 3.29. The van der Waals surface area contributed by atoms with Gasteiger partial charge in [-0.3, -0.25) is 10.1 Å². The van der Waals surface area contributed by atoms with Crippen molar-refractivity contribution in [2.45, 2.75) is 32.4 Å². The lowest BCUT2D eigenvalue weighted by molar-refractivity contribution is -0.149. The van der Waals surface area contributed by atoms with E-state index in [1.807, 2.05) is 31.2 Å². The van der Waals surface area contributed by atoms with E-state index in [1.54, 1.807) is 0 Å². The van der Waals surface area contributed by atoms with Crippen LogP contribution in [0.3, 0.4) is 0 Å². The summed E-state index contributed by atoms with van der Waals surface area (Å²) in [7, 11) is 0. The van der Waals surface area contributed by atoms with Gasteiger partial charge in [-0.15, -0.1) is 10.2 Å². The van der Waals surface area contributed by atoms with Crippen LogP contribution in [0.2, 0.25) is 0 Å². The van der Waals surface area contributed by atoms with Gasteiger partial charge < -0.3 is 10.1 Å². The molecule has 1 aromatic heterocycles. The van der Waals surface area contributed by atoms with Crippen LogP contribution in [0.1, 0.15) is 18.4 Å². The van der Waals surface area contributed by atoms with Gasteiger partial charge in [-0.2, -0.15) is 4.80 Å². The Kier molecular flexibility index (Phi) is 5.20. The van der Waals surface area contributed by atoms with Gasteiger partial charge in [-0.25, -0.2) is 9.59 Å². The summed E-state index contributed by atoms with van der Waals surface area (Å²) >= 11 is 0. The van der Waals surface area contributed by atoms with Crippen molar-refractivity contribution in [1.82, 2.24) is 30.8 Å². The molecule has 2 aromatic rings. The molecule has 3 rings (SSSR count). The first kappa shape index (κ1) is 17.5. The number of urea groups is 1. The third-order valence-corrected chi connectivity index (χ3v) is 3.56. The zero-order valence-corrected chi connectivity index (χ0v) is 14.1. The highest BCUT2D eigenvalue weighted by molar-refractivity contribution is 5.95. The second-order valence-corrected chi connectivity index (χ2v) is 5.97. The van der Waals surface area contributed by atoms with Crippen LogP contribution in [0.5, 0.6) is 0 Å². The van der Waals surface area contributed by atoms with Crippen LogP contribution in [0.25, 0.3) is 11.4 Å². The predicted octanol–water partition coefficient (Wildman–Crippen LogP) is 0.180. The normalized spacial score (nSPS) is 13.1. The zero-order valence-electron chi connectivity index (χ0n) is 14.1. The van der Waals surface area contributed by atoms with Crippen LogP contribution in [-0.4, -0.2) is 50.8 Å². The molecule has 2 N–H and O–H groups in total. The second kappa shape index (κ2) is 7.72. The smallest absolute Gasteiger partial charge is 0.330 e. The number of hydrogen-bond donors (Lipinski definition) is 2. The number of aryl methyl sites for hydroxylation is 1. The third kappa shape index (κ3) is 5.10. The number of carbonyl (C=O) groups is 3. The maximum absolute atomic E-state index is 11.7. The number of hydrogen-bond acceptors (Lipinski definition) is 7. The predicted molar refractivity (Wildman–Crippen MR) is 88.6 cm³/mol. The average molecular weight is 358 g/mol.